The summed E-state index contributed by atoms with van der Waals surface area (Å²) in [5, 5.41) is 3.59. The van der Waals surface area contributed by atoms with Crippen molar-refractivity contribution in [3.05, 3.63) is 12.7 Å². The molecule has 0 saturated heterocycles. The number of hydrogen-bond donors (Lipinski definition) is 1. The molecule has 2 atom stereocenters. The Bertz CT molecular complexity index is 214. The second kappa shape index (κ2) is 7.18. The lowest BCUT2D eigenvalue weighted by molar-refractivity contribution is 0.439. The van der Waals surface area contributed by atoms with Gasteiger partial charge in [-0.3, -0.25) is 4.21 Å². The van der Waals surface area contributed by atoms with Crippen molar-refractivity contribution >= 4 is 10.8 Å². The van der Waals surface area contributed by atoms with Gasteiger partial charge < -0.3 is 5.32 Å². The van der Waals surface area contributed by atoms with Crippen molar-refractivity contribution in [2.24, 2.45) is 5.92 Å². The summed E-state index contributed by atoms with van der Waals surface area (Å²) in [5.74, 6) is 1.73. The number of hydrogen-bond acceptors (Lipinski definition) is 2. The summed E-state index contributed by atoms with van der Waals surface area (Å²) in [4.78, 5) is 0. The first-order chi connectivity index (χ1) is 7.24. The topological polar surface area (TPSA) is 29.1 Å². The zero-order valence-electron chi connectivity index (χ0n) is 9.71. The van der Waals surface area contributed by atoms with Crippen molar-refractivity contribution in [1.82, 2.24) is 5.32 Å². The molecule has 0 aromatic carbocycles. The van der Waals surface area contributed by atoms with Gasteiger partial charge in [-0.1, -0.05) is 6.08 Å². The molecule has 0 spiro atoms. The van der Waals surface area contributed by atoms with Crippen molar-refractivity contribution in [2.45, 2.75) is 38.1 Å². The van der Waals surface area contributed by atoms with E-state index in [4.69, 9.17) is 0 Å². The Kier molecular flexibility index (Phi) is 6.18. The highest BCUT2D eigenvalue weighted by Gasteiger charge is 2.29. The van der Waals surface area contributed by atoms with Crippen LogP contribution in [0.3, 0.4) is 0 Å². The lowest BCUT2D eigenvalue weighted by atomic mass is 10.1. The molecule has 1 saturated carbocycles. The fraction of sp³-hybridized carbons (Fsp3) is 0.833. The van der Waals surface area contributed by atoms with Crippen LogP contribution in [-0.2, 0) is 10.8 Å². The van der Waals surface area contributed by atoms with Gasteiger partial charge in [-0.2, -0.15) is 0 Å². The first-order valence-electron chi connectivity index (χ1n) is 5.88. The van der Waals surface area contributed by atoms with Gasteiger partial charge in [0.2, 0.25) is 0 Å². The smallest absolute Gasteiger partial charge is 0.0244 e. The largest absolute Gasteiger partial charge is 0.314 e. The summed E-state index contributed by atoms with van der Waals surface area (Å²) >= 11 is 0. The monoisotopic (exact) mass is 229 g/mol. The lowest BCUT2D eigenvalue weighted by Gasteiger charge is -2.17. The van der Waals surface area contributed by atoms with Crippen LogP contribution in [0.15, 0.2) is 12.7 Å². The van der Waals surface area contributed by atoms with E-state index in [-0.39, 0.29) is 0 Å². The quantitative estimate of drug-likeness (QED) is 0.484. The van der Waals surface area contributed by atoms with Crippen LogP contribution in [0.4, 0.5) is 0 Å². The van der Waals surface area contributed by atoms with Gasteiger partial charge in [0.1, 0.15) is 0 Å². The zero-order valence-corrected chi connectivity index (χ0v) is 10.5. The average Bonchev–Trinajstić information content (AvgIpc) is 3.00. The van der Waals surface area contributed by atoms with Crippen molar-refractivity contribution in [2.75, 3.05) is 18.6 Å². The Balaban J connectivity index is 2.08. The number of allylic oxidation sites excluding steroid dienone is 1. The van der Waals surface area contributed by atoms with Crippen molar-refractivity contribution in [1.29, 1.82) is 0 Å². The molecule has 1 rings (SSSR count). The van der Waals surface area contributed by atoms with Crippen LogP contribution >= 0.6 is 0 Å². The number of rotatable bonds is 9. The van der Waals surface area contributed by atoms with E-state index in [2.05, 4.69) is 11.9 Å². The van der Waals surface area contributed by atoms with E-state index in [1.165, 1.54) is 19.3 Å². The Labute approximate surface area is 96.0 Å². The second-order valence-corrected chi connectivity index (χ2v) is 5.95. The van der Waals surface area contributed by atoms with Crippen molar-refractivity contribution in [3.8, 4) is 0 Å². The van der Waals surface area contributed by atoms with Crippen LogP contribution in [0, 0.1) is 5.92 Å². The molecule has 1 aliphatic rings. The summed E-state index contributed by atoms with van der Waals surface area (Å²) in [6.07, 6.45) is 9.88. The summed E-state index contributed by atoms with van der Waals surface area (Å²) in [7, 11) is -0.637. The predicted octanol–water partition coefficient (Wildman–Crippen LogP) is 2.09. The molecule has 1 fully saturated rings. The maximum atomic E-state index is 10.9. The summed E-state index contributed by atoms with van der Waals surface area (Å²) < 4.78 is 10.9. The third kappa shape index (κ3) is 6.10. The molecule has 0 aromatic rings. The minimum Gasteiger partial charge on any atom is -0.314 e. The van der Waals surface area contributed by atoms with Crippen LogP contribution in [0.1, 0.15) is 32.1 Å². The molecule has 0 radical (unpaired) electrons. The van der Waals surface area contributed by atoms with E-state index in [1.54, 1.807) is 6.26 Å². The van der Waals surface area contributed by atoms with Gasteiger partial charge >= 0.3 is 0 Å². The fourth-order valence-electron chi connectivity index (χ4n) is 1.86. The molecule has 0 bridgehead atoms. The molecule has 0 aliphatic heterocycles. The van der Waals surface area contributed by atoms with Crippen molar-refractivity contribution in [3.63, 3.8) is 0 Å². The van der Waals surface area contributed by atoms with E-state index < -0.39 is 10.8 Å². The second-order valence-electron chi connectivity index (χ2n) is 4.39. The SMILES string of the molecule is C=CCCC(NCCCS(C)=O)C1CC1. The Morgan fingerprint density at radius 2 is 2.33 bits per heavy atom. The van der Waals surface area contributed by atoms with Gasteiger partial charge in [-0.05, 0) is 44.6 Å². The molecular weight excluding hydrogens is 206 g/mol. The van der Waals surface area contributed by atoms with Gasteiger partial charge in [-0.25, -0.2) is 0 Å². The minimum absolute atomic E-state index is 0.637. The lowest BCUT2D eigenvalue weighted by Crippen LogP contribution is -2.32. The molecule has 0 heterocycles. The maximum absolute atomic E-state index is 10.9. The Morgan fingerprint density at radius 1 is 1.60 bits per heavy atom. The maximum Gasteiger partial charge on any atom is 0.0244 e. The molecule has 1 aliphatic carbocycles. The van der Waals surface area contributed by atoms with E-state index in [9.17, 15) is 4.21 Å². The molecule has 2 nitrogen and oxygen atoms in total. The van der Waals surface area contributed by atoms with Crippen LogP contribution in [0.25, 0.3) is 0 Å². The highest BCUT2D eigenvalue weighted by Crippen LogP contribution is 2.34. The zero-order chi connectivity index (χ0) is 11.1. The first kappa shape index (κ1) is 12.9. The van der Waals surface area contributed by atoms with Crippen LogP contribution in [-0.4, -0.2) is 28.8 Å². The molecule has 0 aromatic heterocycles. The fourth-order valence-corrected chi connectivity index (χ4v) is 2.41. The first-order valence-corrected chi connectivity index (χ1v) is 7.61. The van der Waals surface area contributed by atoms with Crippen LogP contribution in [0.5, 0.6) is 0 Å². The molecule has 88 valence electrons. The van der Waals surface area contributed by atoms with Gasteiger partial charge in [0.25, 0.3) is 0 Å². The molecule has 3 heteroatoms. The Morgan fingerprint density at radius 3 is 2.87 bits per heavy atom. The minimum atomic E-state index is -0.637. The molecule has 2 unspecified atom stereocenters. The highest BCUT2D eigenvalue weighted by atomic mass is 32.2. The predicted molar refractivity (Wildman–Crippen MR) is 67.5 cm³/mol. The van der Waals surface area contributed by atoms with E-state index in [0.717, 1.165) is 31.1 Å². The normalized spacial score (nSPS) is 19.8. The molecule has 0 amide bonds. The Hall–Kier alpha value is -0.150. The molecule has 15 heavy (non-hydrogen) atoms. The van der Waals surface area contributed by atoms with Gasteiger partial charge in [-0.15, -0.1) is 6.58 Å². The van der Waals surface area contributed by atoms with E-state index >= 15 is 0 Å². The van der Waals surface area contributed by atoms with Crippen molar-refractivity contribution < 1.29 is 4.21 Å². The third-order valence-electron chi connectivity index (χ3n) is 2.89. The highest BCUT2D eigenvalue weighted by molar-refractivity contribution is 7.84. The van der Waals surface area contributed by atoms with E-state index in [1.807, 2.05) is 6.08 Å². The van der Waals surface area contributed by atoms with E-state index in [0.29, 0.717) is 6.04 Å². The van der Waals surface area contributed by atoms with Gasteiger partial charge in [0.15, 0.2) is 0 Å². The molecular formula is C12H23NOS. The standard InChI is InChI=1S/C12H23NOS/c1-3-4-6-12(11-7-8-11)13-9-5-10-15(2)14/h3,11-13H,1,4-10H2,2H3. The summed E-state index contributed by atoms with van der Waals surface area (Å²) in [6.45, 7) is 4.78. The average molecular weight is 229 g/mol. The third-order valence-corrected chi connectivity index (χ3v) is 3.75. The summed E-state index contributed by atoms with van der Waals surface area (Å²) in [6, 6.07) is 0.674. The van der Waals surface area contributed by atoms with Crippen LogP contribution < -0.4 is 5.32 Å². The summed E-state index contributed by atoms with van der Waals surface area (Å²) in [5.41, 5.74) is 0. The molecule has 1 N–H and O–H groups in total. The van der Waals surface area contributed by atoms with Gasteiger partial charge in [0, 0.05) is 28.9 Å². The van der Waals surface area contributed by atoms with Gasteiger partial charge in [0.05, 0.1) is 0 Å². The van der Waals surface area contributed by atoms with Crippen LogP contribution in [0.2, 0.25) is 0 Å². The number of nitrogens with one attached hydrogen (secondary N) is 1.